The topological polar surface area (TPSA) is 81.6 Å². The van der Waals surface area contributed by atoms with Crippen LogP contribution in [0.2, 0.25) is 0 Å². The molecule has 2 N–H and O–H groups in total. The van der Waals surface area contributed by atoms with E-state index in [4.69, 9.17) is 9.97 Å². The zero-order chi connectivity index (χ0) is 22.2. The normalized spacial score (nSPS) is 28.7. The number of anilines is 3. The van der Waals surface area contributed by atoms with Crippen molar-refractivity contribution in [3.63, 3.8) is 0 Å². The fraction of sp³-hybridized carbons (Fsp3) is 0.600. The van der Waals surface area contributed by atoms with Gasteiger partial charge in [-0.25, -0.2) is 9.97 Å². The first-order chi connectivity index (χ1) is 16.1. The molecule has 2 saturated heterocycles. The Hall–Kier alpha value is -2.19. The van der Waals surface area contributed by atoms with Crippen LogP contribution in [0.3, 0.4) is 0 Å². The van der Waals surface area contributed by atoms with Crippen LogP contribution in [0.25, 0.3) is 0 Å². The zero-order valence-corrected chi connectivity index (χ0v) is 19.7. The predicted octanol–water partition coefficient (Wildman–Crippen LogP) is 2.14. The fourth-order valence-electron chi connectivity index (χ4n) is 6.31. The molecule has 2 aromatic rings. The third-order valence-electron chi connectivity index (χ3n) is 8.65. The summed E-state index contributed by atoms with van der Waals surface area (Å²) in [6, 6.07) is 7.02. The van der Waals surface area contributed by atoms with Crippen LogP contribution < -0.4 is 15.1 Å². The van der Waals surface area contributed by atoms with Gasteiger partial charge >= 0.3 is 0 Å². The zero-order valence-electron chi connectivity index (χ0n) is 18.9. The number of aliphatic hydroxyl groups is 1. The number of aliphatic hydroxyl groups excluding tert-OH is 1. The van der Waals surface area contributed by atoms with E-state index in [-0.39, 0.29) is 12.1 Å². The van der Waals surface area contributed by atoms with Gasteiger partial charge in [0.05, 0.1) is 28.6 Å². The number of fused-ring (bicyclic) bond motifs is 3. The quantitative estimate of drug-likeness (QED) is 0.700. The van der Waals surface area contributed by atoms with Gasteiger partial charge < -0.3 is 20.2 Å². The third kappa shape index (κ3) is 3.21. The highest BCUT2D eigenvalue weighted by Gasteiger charge is 2.43. The molecule has 3 aliphatic heterocycles. The summed E-state index contributed by atoms with van der Waals surface area (Å²) in [6.07, 6.45) is 6.18. The minimum Gasteiger partial charge on any atom is -0.394 e. The molecule has 1 aromatic carbocycles. The number of nitrogens with one attached hydrogen (secondary N) is 1. The minimum atomic E-state index is -1.06. The summed E-state index contributed by atoms with van der Waals surface area (Å²) < 4.78 is 12.5. The van der Waals surface area contributed by atoms with Crippen molar-refractivity contribution in [2.24, 2.45) is 11.8 Å². The number of aromatic nitrogens is 2. The van der Waals surface area contributed by atoms with Crippen molar-refractivity contribution in [2.75, 3.05) is 53.7 Å². The molecule has 3 atom stereocenters. The molecule has 33 heavy (non-hydrogen) atoms. The Bertz CT molecular complexity index is 1130. The molecule has 7 nitrogen and oxygen atoms in total. The van der Waals surface area contributed by atoms with Crippen molar-refractivity contribution in [3.05, 3.63) is 35.0 Å². The predicted molar refractivity (Wildman–Crippen MR) is 130 cm³/mol. The molecule has 0 bridgehead atoms. The fourth-order valence-corrected chi connectivity index (χ4v) is 7.49. The maximum atomic E-state index is 12.5. The van der Waals surface area contributed by atoms with Gasteiger partial charge in [0.2, 0.25) is 0 Å². The SMILES string of the molecule is O=[S@@]1CCc2nc(N3CC4CN(c5ccc6c(c5)CC6)CC4C3)c(NC3(CO)CCC3)nc21. The van der Waals surface area contributed by atoms with E-state index in [2.05, 4.69) is 33.3 Å². The van der Waals surface area contributed by atoms with Crippen molar-refractivity contribution < 1.29 is 9.32 Å². The molecule has 2 unspecified atom stereocenters. The van der Waals surface area contributed by atoms with Crippen molar-refractivity contribution in [2.45, 2.75) is 49.1 Å². The summed E-state index contributed by atoms with van der Waals surface area (Å²) in [5.41, 5.74) is 5.01. The van der Waals surface area contributed by atoms with Crippen LogP contribution in [-0.4, -0.2) is 63.4 Å². The highest BCUT2D eigenvalue weighted by atomic mass is 32.2. The summed E-state index contributed by atoms with van der Waals surface area (Å²) in [5.74, 6) is 3.46. The average Bonchev–Trinajstić information content (AvgIpc) is 3.44. The van der Waals surface area contributed by atoms with Crippen molar-refractivity contribution in [1.29, 1.82) is 0 Å². The van der Waals surface area contributed by atoms with Crippen LogP contribution in [-0.2, 0) is 30.1 Å². The lowest BCUT2D eigenvalue weighted by Gasteiger charge is -2.42. The van der Waals surface area contributed by atoms with Gasteiger partial charge in [-0.3, -0.25) is 4.21 Å². The average molecular weight is 466 g/mol. The summed E-state index contributed by atoms with van der Waals surface area (Å²) >= 11 is 0. The first-order valence-electron chi connectivity index (χ1n) is 12.4. The summed E-state index contributed by atoms with van der Waals surface area (Å²) in [5, 5.41) is 14.2. The van der Waals surface area contributed by atoms with Crippen molar-refractivity contribution >= 4 is 28.1 Å². The maximum Gasteiger partial charge on any atom is 0.172 e. The Morgan fingerprint density at radius 2 is 1.79 bits per heavy atom. The highest BCUT2D eigenvalue weighted by molar-refractivity contribution is 7.85. The van der Waals surface area contributed by atoms with E-state index in [1.807, 2.05) is 0 Å². The van der Waals surface area contributed by atoms with E-state index in [1.165, 1.54) is 29.7 Å². The summed E-state index contributed by atoms with van der Waals surface area (Å²) in [7, 11) is -1.06. The van der Waals surface area contributed by atoms with E-state index in [1.54, 1.807) is 0 Å². The van der Waals surface area contributed by atoms with Crippen LogP contribution in [0.5, 0.6) is 0 Å². The molecule has 5 aliphatic rings. The third-order valence-corrected chi connectivity index (χ3v) is 9.99. The van der Waals surface area contributed by atoms with Crippen LogP contribution >= 0.6 is 0 Å². The van der Waals surface area contributed by atoms with E-state index < -0.39 is 10.8 Å². The molecule has 0 radical (unpaired) electrons. The lowest BCUT2D eigenvalue weighted by Crippen LogP contribution is -2.49. The van der Waals surface area contributed by atoms with E-state index in [0.717, 1.165) is 69.2 Å². The summed E-state index contributed by atoms with van der Waals surface area (Å²) in [6.45, 7) is 4.22. The number of rotatable bonds is 5. The monoisotopic (exact) mass is 465 g/mol. The standard InChI is InChI=1S/C25H31N5O2S/c31-15-25(7-1-8-25)28-22-23(26-21-6-9-33(32)24(21)27-22)30-13-18-11-29(12-19(18)14-30)20-5-4-16-2-3-17(16)10-20/h4-5,10,18-19,31H,1-3,6-9,11-15H2,(H,27,28)/t18?,19?,33-/m1/s1. The molecule has 4 heterocycles. The second-order valence-electron chi connectivity index (χ2n) is 10.6. The maximum absolute atomic E-state index is 12.5. The lowest BCUT2D eigenvalue weighted by molar-refractivity contribution is 0.143. The Balaban J connectivity index is 1.14. The molecule has 1 aromatic heterocycles. The highest BCUT2D eigenvalue weighted by Crippen LogP contribution is 2.42. The van der Waals surface area contributed by atoms with E-state index in [9.17, 15) is 9.32 Å². The van der Waals surface area contributed by atoms with Gasteiger partial charge in [0.1, 0.15) is 0 Å². The Labute approximate surface area is 197 Å². The minimum absolute atomic E-state index is 0.0925. The molecule has 0 spiro atoms. The van der Waals surface area contributed by atoms with Gasteiger partial charge in [0, 0.05) is 55.9 Å². The first kappa shape index (κ1) is 20.2. The Kier molecular flexibility index (Phi) is 4.53. The lowest BCUT2D eigenvalue weighted by atomic mass is 9.77. The molecule has 1 saturated carbocycles. The van der Waals surface area contributed by atoms with Gasteiger partial charge in [-0.05, 0) is 55.4 Å². The molecule has 8 heteroatoms. The van der Waals surface area contributed by atoms with Crippen molar-refractivity contribution in [1.82, 2.24) is 9.97 Å². The molecule has 0 amide bonds. The Morgan fingerprint density at radius 3 is 2.42 bits per heavy atom. The van der Waals surface area contributed by atoms with Crippen LogP contribution in [0.15, 0.2) is 23.2 Å². The largest absolute Gasteiger partial charge is 0.394 e. The van der Waals surface area contributed by atoms with Gasteiger partial charge in [0.15, 0.2) is 16.7 Å². The van der Waals surface area contributed by atoms with E-state index >= 15 is 0 Å². The molecule has 174 valence electrons. The number of benzene rings is 1. The molecular weight excluding hydrogens is 434 g/mol. The second kappa shape index (κ2) is 7.40. The smallest absolute Gasteiger partial charge is 0.172 e. The molecule has 7 rings (SSSR count). The first-order valence-corrected chi connectivity index (χ1v) is 13.7. The van der Waals surface area contributed by atoms with E-state index in [0.29, 0.717) is 22.6 Å². The van der Waals surface area contributed by atoms with Gasteiger partial charge in [-0.15, -0.1) is 0 Å². The van der Waals surface area contributed by atoms with Crippen LogP contribution in [0, 0.1) is 11.8 Å². The van der Waals surface area contributed by atoms with Crippen LogP contribution in [0.1, 0.15) is 36.1 Å². The number of hydrogen-bond donors (Lipinski definition) is 2. The van der Waals surface area contributed by atoms with Crippen molar-refractivity contribution in [3.8, 4) is 0 Å². The van der Waals surface area contributed by atoms with Crippen LogP contribution in [0.4, 0.5) is 17.3 Å². The summed E-state index contributed by atoms with van der Waals surface area (Å²) in [4.78, 5) is 14.8. The second-order valence-corrected chi connectivity index (χ2v) is 12.1. The number of nitrogens with zero attached hydrogens (tertiary/aromatic N) is 4. The molecular formula is C25H31N5O2S. The Morgan fingerprint density at radius 1 is 1.03 bits per heavy atom. The van der Waals surface area contributed by atoms with Gasteiger partial charge in [-0.2, -0.15) is 0 Å². The number of hydrogen-bond acceptors (Lipinski definition) is 7. The molecule has 2 aliphatic carbocycles. The molecule has 3 fully saturated rings. The van der Waals surface area contributed by atoms with Gasteiger partial charge in [0.25, 0.3) is 0 Å². The van der Waals surface area contributed by atoms with Gasteiger partial charge in [-0.1, -0.05) is 6.07 Å². The number of aryl methyl sites for hydroxylation is 3.